The van der Waals surface area contributed by atoms with Crippen LogP contribution in [0.2, 0.25) is 0 Å². The topological polar surface area (TPSA) is 70.5 Å². The molecule has 1 aromatic rings. The van der Waals surface area contributed by atoms with Crippen LogP contribution in [0.4, 0.5) is 5.13 Å². The van der Waals surface area contributed by atoms with Gasteiger partial charge in [0.15, 0.2) is 16.6 Å². The smallest absolute Gasteiger partial charge is 0.356 e. The number of aromatic nitrogens is 1. The third-order valence-corrected chi connectivity index (χ3v) is 4.32. The maximum Gasteiger partial charge on any atom is 0.356 e. The fourth-order valence-electron chi connectivity index (χ4n) is 1.96. The number of rotatable bonds is 7. The Hall–Kier alpha value is -1.43. The second-order valence-electron chi connectivity index (χ2n) is 4.81. The highest BCUT2D eigenvalue weighted by molar-refractivity contribution is 7.17. The summed E-state index contributed by atoms with van der Waals surface area (Å²) in [5.41, 5.74) is -0.102. The molecule has 1 heterocycles. The van der Waals surface area contributed by atoms with Crippen molar-refractivity contribution in [2.24, 2.45) is 0 Å². The maximum atomic E-state index is 11.5. The molecule has 1 saturated carbocycles. The maximum absolute atomic E-state index is 11.5. The van der Waals surface area contributed by atoms with Gasteiger partial charge < -0.3 is 10.0 Å². The van der Waals surface area contributed by atoms with Crippen LogP contribution < -0.4 is 4.90 Å². The van der Waals surface area contributed by atoms with Gasteiger partial charge in [0, 0.05) is 19.5 Å². The number of Topliss-reactive ketones (excluding diaryl/α,β-unsaturated/α-hetero) is 1. The lowest BCUT2D eigenvalue weighted by Crippen LogP contribution is -2.26. The fraction of sp³-hybridized carbons (Fsp3) is 0.615. The van der Waals surface area contributed by atoms with E-state index in [9.17, 15) is 9.59 Å². The molecule has 0 bridgehead atoms. The summed E-state index contributed by atoms with van der Waals surface area (Å²) >= 11 is 1.21. The van der Waals surface area contributed by atoms with Gasteiger partial charge in [-0.1, -0.05) is 24.7 Å². The van der Waals surface area contributed by atoms with Gasteiger partial charge in [-0.2, -0.15) is 0 Å². The number of hydrogen-bond acceptors (Lipinski definition) is 5. The molecule has 19 heavy (non-hydrogen) atoms. The van der Waals surface area contributed by atoms with Gasteiger partial charge in [0.2, 0.25) is 0 Å². The number of carbonyl (C=O) groups is 2. The lowest BCUT2D eigenvalue weighted by molar-refractivity contribution is 0.0687. The first-order valence-electron chi connectivity index (χ1n) is 6.56. The number of aromatic carboxylic acids is 1. The second-order valence-corrected chi connectivity index (χ2v) is 5.79. The number of carboxylic acid groups (broad SMARTS) is 1. The minimum absolute atomic E-state index is 0.102. The van der Waals surface area contributed by atoms with E-state index in [0.717, 1.165) is 32.2 Å². The molecule has 1 aliphatic carbocycles. The average Bonchev–Trinajstić information content (AvgIpc) is 3.07. The van der Waals surface area contributed by atoms with Crippen LogP contribution in [0.1, 0.15) is 59.7 Å². The molecule has 0 amide bonds. The van der Waals surface area contributed by atoms with Crippen molar-refractivity contribution in [3.63, 3.8) is 0 Å². The number of carbonyl (C=O) groups excluding carboxylic acids is 1. The van der Waals surface area contributed by atoms with Crippen LogP contribution in [0.15, 0.2) is 0 Å². The number of anilines is 1. The summed E-state index contributed by atoms with van der Waals surface area (Å²) in [5.74, 6) is -1.36. The third kappa shape index (κ3) is 3.12. The van der Waals surface area contributed by atoms with E-state index in [0.29, 0.717) is 11.2 Å². The summed E-state index contributed by atoms with van der Waals surface area (Å²) in [7, 11) is 0. The molecular formula is C13H18N2O3S. The van der Waals surface area contributed by atoms with Gasteiger partial charge >= 0.3 is 5.97 Å². The molecule has 2 rings (SSSR count). The Morgan fingerprint density at radius 3 is 2.58 bits per heavy atom. The van der Waals surface area contributed by atoms with Crippen molar-refractivity contribution in [3.8, 4) is 0 Å². The van der Waals surface area contributed by atoms with E-state index in [4.69, 9.17) is 5.11 Å². The minimum Gasteiger partial charge on any atom is -0.476 e. The average molecular weight is 282 g/mol. The number of thiazole rings is 1. The van der Waals surface area contributed by atoms with Gasteiger partial charge in [0.1, 0.15) is 4.88 Å². The van der Waals surface area contributed by atoms with Crippen LogP contribution in [0.3, 0.4) is 0 Å². The molecule has 0 unspecified atom stereocenters. The molecule has 1 aliphatic rings. The van der Waals surface area contributed by atoms with Crippen LogP contribution in [0, 0.1) is 0 Å². The molecule has 0 atom stereocenters. The predicted octanol–water partition coefficient (Wildman–Crippen LogP) is 2.81. The Balaban J connectivity index is 2.29. The molecule has 1 aromatic heterocycles. The lowest BCUT2D eigenvalue weighted by Gasteiger charge is -2.20. The van der Waals surface area contributed by atoms with Crippen molar-refractivity contribution in [2.75, 3.05) is 11.4 Å². The first kappa shape index (κ1) is 14.0. The number of ketones is 1. The van der Waals surface area contributed by atoms with Crippen molar-refractivity contribution in [2.45, 2.75) is 45.6 Å². The molecule has 1 N–H and O–H groups in total. The summed E-state index contributed by atoms with van der Waals surface area (Å²) in [6.07, 6.45) is 4.38. The Bertz CT molecular complexity index is 463. The quantitative estimate of drug-likeness (QED) is 0.779. The first-order valence-corrected chi connectivity index (χ1v) is 7.38. The monoisotopic (exact) mass is 282 g/mol. The van der Waals surface area contributed by atoms with Gasteiger partial charge in [-0.3, -0.25) is 4.79 Å². The minimum atomic E-state index is -1.13. The van der Waals surface area contributed by atoms with Crippen LogP contribution in [0.25, 0.3) is 0 Å². The molecule has 0 radical (unpaired) electrons. The van der Waals surface area contributed by atoms with Crippen LogP contribution in [-0.2, 0) is 0 Å². The van der Waals surface area contributed by atoms with Gasteiger partial charge in [-0.15, -0.1) is 0 Å². The van der Waals surface area contributed by atoms with E-state index in [1.54, 1.807) is 0 Å². The Morgan fingerprint density at radius 1 is 1.47 bits per heavy atom. The SMILES string of the molecule is CCCCN(c1nc(C(=O)O)c(C(C)=O)s1)C1CC1. The largest absolute Gasteiger partial charge is 0.476 e. The van der Waals surface area contributed by atoms with Crippen molar-refractivity contribution in [3.05, 3.63) is 10.6 Å². The van der Waals surface area contributed by atoms with E-state index in [2.05, 4.69) is 16.8 Å². The normalized spacial score (nSPS) is 14.4. The molecule has 0 spiro atoms. The molecule has 6 heteroatoms. The van der Waals surface area contributed by atoms with Crippen molar-refractivity contribution < 1.29 is 14.7 Å². The number of unbranched alkanes of at least 4 members (excludes halogenated alkanes) is 1. The van der Waals surface area contributed by atoms with Gasteiger partial charge in [-0.05, 0) is 19.3 Å². The second kappa shape index (κ2) is 5.69. The van der Waals surface area contributed by atoms with Crippen molar-refractivity contribution in [1.29, 1.82) is 0 Å². The van der Waals surface area contributed by atoms with Gasteiger partial charge in [0.05, 0.1) is 0 Å². The van der Waals surface area contributed by atoms with Crippen LogP contribution in [0.5, 0.6) is 0 Å². The lowest BCUT2D eigenvalue weighted by atomic mass is 10.3. The fourth-order valence-corrected chi connectivity index (χ4v) is 3.01. The first-order chi connectivity index (χ1) is 9.04. The molecule has 104 valence electrons. The molecular weight excluding hydrogens is 264 g/mol. The Labute approximate surface area is 116 Å². The van der Waals surface area contributed by atoms with E-state index in [1.165, 1.54) is 18.3 Å². The van der Waals surface area contributed by atoms with E-state index < -0.39 is 5.97 Å². The standard InChI is InChI=1S/C13H18N2O3S/c1-3-4-7-15(9-5-6-9)13-14-10(12(17)18)11(19-13)8(2)16/h9H,3-7H2,1-2H3,(H,17,18). The summed E-state index contributed by atoms with van der Waals surface area (Å²) in [6.45, 7) is 4.39. The zero-order chi connectivity index (χ0) is 14.0. The van der Waals surface area contributed by atoms with Crippen LogP contribution in [-0.4, -0.2) is 34.4 Å². The molecule has 0 saturated heterocycles. The highest BCUT2D eigenvalue weighted by atomic mass is 32.1. The highest BCUT2D eigenvalue weighted by Gasteiger charge is 2.32. The third-order valence-electron chi connectivity index (χ3n) is 3.12. The van der Waals surface area contributed by atoms with E-state index >= 15 is 0 Å². The summed E-state index contributed by atoms with van der Waals surface area (Å²) in [5, 5.41) is 9.79. The zero-order valence-electron chi connectivity index (χ0n) is 11.2. The van der Waals surface area contributed by atoms with Gasteiger partial charge in [0.25, 0.3) is 0 Å². The zero-order valence-corrected chi connectivity index (χ0v) is 12.0. The highest BCUT2D eigenvalue weighted by Crippen LogP contribution is 2.35. The molecule has 1 fully saturated rings. The van der Waals surface area contributed by atoms with Crippen molar-refractivity contribution in [1.82, 2.24) is 4.98 Å². The van der Waals surface area contributed by atoms with Gasteiger partial charge in [-0.25, -0.2) is 9.78 Å². The van der Waals surface area contributed by atoms with E-state index in [-0.39, 0.29) is 16.4 Å². The summed E-state index contributed by atoms with van der Waals surface area (Å²) in [6, 6.07) is 0.471. The summed E-state index contributed by atoms with van der Waals surface area (Å²) < 4.78 is 0. The van der Waals surface area contributed by atoms with Crippen molar-refractivity contribution >= 4 is 28.2 Å². The Morgan fingerprint density at radius 2 is 2.16 bits per heavy atom. The number of nitrogens with zero attached hydrogens (tertiary/aromatic N) is 2. The van der Waals surface area contributed by atoms with Crippen LogP contribution >= 0.6 is 11.3 Å². The Kier molecular flexibility index (Phi) is 4.19. The molecule has 5 nitrogen and oxygen atoms in total. The molecule has 0 aromatic carbocycles. The number of carboxylic acids is 1. The summed E-state index contributed by atoms with van der Waals surface area (Å²) in [4.78, 5) is 29.2. The molecule has 0 aliphatic heterocycles. The predicted molar refractivity (Wildman–Crippen MR) is 74.4 cm³/mol. The number of hydrogen-bond donors (Lipinski definition) is 1. The van der Waals surface area contributed by atoms with E-state index in [1.807, 2.05) is 0 Å².